The summed E-state index contributed by atoms with van der Waals surface area (Å²) in [7, 11) is -3.26. The summed E-state index contributed by atoms with van der Waals surface area (Å²) >= 11 is 0. The highest BCUT2D eigenvalue weighted by Gasteiger charge is 2.15. The van der Waals surface area contributed by atoms with Crippen molar-refractivity contribution in [2.75, 3.05) is 18.1 Å². The number of rotatable bonds is 7. The summed E-state index contributed by atoms with van der Waals surface area (Å²) in [6, 6.07) is 1.88. The largest absolute Gasteiger partial charge is 0.311 e. The maximum absolute atomic E-state index is 11.8. The number of amides is 1. The molecule has 0 saturated carbocycles. The van der Waals surface area contributed by atoms with Crippen LogP contribution in [0.15, 0.2) is 12.3 Å². The molecule has 0 saturated heterocycles. The van der Waals surface area contributed by atoms with Gasteiger partial charge in [0.05, 0.1) is 18.5 Å². The molecule has 1 unspecified atom stereocenters. The lowest BCUT2D eigenvalue weighted by Crippen LogP contribution is -2.27. The summed E-state index contributed by atoms with van der Waals surface area (Å²) in [6.45, 7) is 6.26. The maximum Gasteiger partial charge on any atom is 0.226 e. The highest BCUT2D eigenvalue weighted by atomic mass is 32.2. The van der Waals surface area contributed by atoms with Crippen LogP contribution in [0.1, 0.15) is 33.2 Å². The van der Waals surface area contributed by atoms with Gasteiger partial charge in [-0.1, -0.05) is 13.8 Å². The van der Waals surface area contributed by atoms with Crippen molar-refractivity contribution in [3.63, 3.8) is 0 Å². The fourth-order valence-corrected chi connectivity index (χ4v) is 2.05. The molecule has 2 N–H and O–H groups in total. The van der Waals surface area contributed by atoms with Crippen molar-refractivity contribution in [1.29, 1.82) is 0 Å². The van der Waals surface area contributed by atoms with Gasteiger partial charge in [0.1, 0.15) is 5.82 Å². The zero-order valence-electron chi connectivity index (χ0n) is 12.3. The summed E-state index contributed by atoms with van der Waals surface area (Å²) in [6.07, 6.45) is 2.77. The quantitative estimate of drug-likeness (QED) is 0.785. The van der Waals surface area contributed by atoms with E-state index in [0.29, 0.717) is 11.7 Å². The van der Waals surface area contributed by atoms with Crippen LogP contribution < -0.4 is 10.0 Å². The van der Waals surface area contributed by atoms with Crippen molar-refractivity contribution >= 4 is 21.7 Å². The third kappa shape index (κ3) is 5.30. The number of sulfonamides is 1. The molecule has 1 atom stereocenters. The number of hydrogen-bond acceptors (Lipinski definition) is 4. The van der Waals surface area contributed by atoms with Gasteiger partial charge in [-0.2, -0.15) is 5.10 Å². The first-order valence-corrected chi connectivity index (χ1v) is 8.38. The van der Waals surface area contributed by atoms with Gasteiger partial charge in [0.15, 0.2) is 0 Å². The van der Waals surface area contributed by atoms with Gasteiger partial charge in [0.25, 0.3) is 0 Å². The molecule has 114 valence electrons. The summed E-state index contributed by atoms with van der Waals surface area (Å²) in [5, 5.41) is 6.94. The third-order valence-corrected chi connectivity index (χ3v) is 3.73. The number of anilines is 1. The van der Waals surface area contributed by atoms with E-state index in [1.165, 1.54) is 0 Å². The highest BCUT2D eigenvalue weighted by molar-refractivity contribution is 7.88. The predicted octanol–water partition coefficient (Wildman–Crippen LogP) is 0.978. The van der Waals surface area contributed by atoms with Crippen molar-refractivity contribution in [1.82, 2.24) is 14.5 Å². The lowest BCUT2D eigenvalue weighted by Gasteiger charge is -2.19. The van der Waals surface area contributed by atoms with Gasteiger partial charge < -0.3 is 5.32 Å². The Labute approximate surface area is 119 Å². The highest BCUT2D eigenvalue weighted by Crippen LogP contribution is 2.20. The fraction of sp³-hybridized carbons (Fsp3) is 0.667. The van der Waals surface area contributed by atoms with Gasteiger partial charge >= 0.3 is 0 Å². The standard InChI is InChI=1S/C12H22N4O3S/c1-9(2)10(3)16-11(5-7-13-16)15-12(17)6-8-14-20(4,18)19/h5,7,9-10,14H,6,8H2,1-4H3,(H,15,17). The second kappa shape index (κ2) is 6.85. The number of aromatic nitrogens is 2. The van der Waals surface area contributed by atoms with Crippen LogP contribution in [0.2, 0.25) is 0 Å². The van der Waals surface area contributed by atoms with Crippen molar-refractivity contribution in [2.45, 2.75) is 33.2 Å². The van der Waals surface area contributed by atoms with E-state index < -0.39 is 10.0 Å². The van der Waals surface area contributed by atoms with Gasteiger partial charge in [0, 0.05) is 19.0 Å². The molecule has 0 aliphatic rings. The zero-order valence-corrected chi connectivity index (χ0v) is 13.1. The summed E-state index contributed by atoms with van der Waals surface area (Å²) in [5.74, 6) is 0.756. The van der Waals surface area contributed by atoms with Crippen LogP contribution >= 0.6 is 0 Å². The first kappa shape index (κ1) is 16.6. The molecule has 0 aliphatic heterocycles. The molecule has 7 nitrogen and oxygen atoms in total. The van der Waals surface area contributed by atoms with Crippen molar-refractivity contribution in [2.24, 2.45) is 5.92 Å². The minimum atomic E-state index is -3.26. The van der Waals surface area contributed by atoms with Gasteiger partial charge in [-0.25, -0.2) is 17.8 Å². The molecule has 0 radical (unpaired) electrons. The van der Waals surface area contributed by atoms with E-state index in [9.17, 15) is 13.2 Å². The number of carbonyl (C=O) groups excluding carboxylic acids is 1. The Morgan fingerprint density at radius 3 is 2.60 bits per heavy atom. The van der Waals surface area contributed by atoms with Gasteiger partial charge in [0.2, 0.25) is 15.9 Å². The Bertz CT molecular complexity index is 551. The van der Waals surface area contributed by atoms with Crippen molar-refractivity contribution in [3.05, 3.63) is 12.3 Å². The van der Waals surface area contributed by atoms with E-state index in [0.717, 1.165) is 6.26 Å². The molecule has 0 fully saturated rings. The lowest BCUT2D eigenvalue weighted by atomic mass is 10.1. The average molecular weight is 302 g/mol. The van der Waals surface area contributed by atoms with Crippen LogP contribution in [0.3, 0.4) is 0 Å². The molecule has 1 amide bonds. The molecule has 0 spiro atoms. The molecule has 1 heterocycles. The van der Waals surface area contributed by atoms with Crippen LogP contribution in [0.5, 0.6) is 0 Å². The Morgan fingerprint density at radius 2 is 2.05 bits per heavy atom. The zero-order chi connectivity index (χ0) is 15.3. The minimum absolute atomic E-state index is 0.0777. The lowest BCUT2D eigenvalue weighted by molar-refractivity contribution is -0.116. The minimum Gasteiger partial charge on any atom is -0.311 e. The predicted molar refractivity (Wildman–Crippen MR) is 77.9 cm³/mol. The van der Waals surface area contributed by atoms with Gasteiger partial charge in [-0.3, -0.25) is 4.79 Å². The van der Waals surface area contributed by atoms with E-state index in [-0.39, 0.29) is 24.9 Å². The third-order valence-electron chi connectivity index (χ3n) is 3.00. The Balaban J connectivity index is 2.57. The smallest absolute Gasteiger partial charge is 0.226 e. The van der Waals surface area contributed by atoms with Crippen molar-refractivity contribution < 1.29 is 13.2 Å². The monoisotopic (exact) mass is 302 g/mol. The maximum atomic E-state index is 11.8. The second-order valence-corrected chi connectivity index (χ2v) is 6.94. The number of nitrogens with one attached hydrogen (secondary N) is 2. The van der Waals surface area contributed by atoms with E-state index in [1.54, 1.807) is 16.9 Å². The van der Waals surface area contributed by atoms with Crippen LogP contribution in [-0.2, 0) is 14.8 Å². The first-order valence-electron chi connectivity index (χ1n) is 6.48. The van der Waals surface area contributed by atoms with Crippen LogP contribution in [0.4, 0.5) is 5.82 Å². The molecular weight excluding hydrogens is 280 g/mol. The number of nitrogens with zero attached hydrogens (tertiary/aromatic N) is 2. The second-order valence-electron chi connectivity index (χ2n) is 5.11. The van der Waals surface area contributed by atoms with Gasteiger partial charge in [-0.15, -0.1) is 0 Å². The molecule has 1 aromatic heterocycles. The molecule has 1 rings (SSSR count). The Hall–Kier alpha value is -1.41. The summed E-state index contributed by atoms with van der Waals surface area (Å²) in [5.41, 5.74) is 0. The van der Waals surface area contributed by atoms with Crippen LogP contribution in [0, 0.1) is 5.92 Å². The Kier molecular flexibility index (Phi) is 5.70. The molecular formula is C12H22N4O3S. The van der Waals surface area contributed by atoms with E-state index in [2.05, 4.69) is 29.0 Å². The van der Waals surface area contributed by atoms with E-state index in [1.807, 2.05) is 6.92 Å². The van der Waals surface area contributed by atoms with Crippen LogP contribution in [-0.4, -0.2) is 36.9 Å². The van der Waals surface area contributed by atoms with Crippen LogP contribution in [0.25, 0.3) is 0 Å². The Morgan fingerprint density at radius 1 is 1.40 bits per heavy atom. The molecule has 0 aliphatic carbocycles. The normalized spacial score (nSPS) is 13.4. The molecule has 0 bridgehead atoms. The van der Waals surface area contributed by atoms with Gasteiger partial charge in [-0.05, 0) is 12.8 Å². The SMILES string of the molecule is CC(C)C(C)n1nccc1NC(=O)CCNS(C)(=O)=O. The molecule has 20 heavy (non-hydrogen) atoms. The molecule has 8 heteroatoms. The van der Waals surface area contributed by atoms with E-state index >= 15 is 0 Å². The van der Waals surface area contributed by atoms with Crippen molar-refractivity contribution in [3.8, 4) is 0 Å². The first-order chi connectivity index (χ1) is 9.20. The number of hydrogen-bond donors (Lipinski definition) is 2. The summed E-state index contributed by atoms with van der Waals surface area (Å²) in [4.78, 5) is 11.8. The average Bonchev–Trinajstić information content (AvgIpc) is 2.74. The molecule has 1 aromatic rings. The van der Waals surface area contributed by atoms with E-state index in [4.69, 9.17) is 0 Å². The molecule has 0 aromatic carbocycles. The topological polar surface area (TPSA) is 93.1 Å². The number of carbonyl (C=O) groups is 1. The fourth-order valence-electron chi connectivity index (χ4n) is 1.58. The summed E-state index contributed by atoms with van der Waals surface area (Å²) < 4.78 is 25.8.